The number of carbonyl (C=O) groups excluding carboxylic acids is 1. The maximum atomic E-state index is 12.0. The zero-order valence-electron chi connectivity index (χ0n) is 16.7. The number of hydrogen-bond acceptors (Lipinski definition) is 4. The molecule has 6 nitrogen and oxygen atoms in total. The van der Waals surface area contributed by atoms with Crippen LogP contribution < -0.4 is 10.6 Å². The van der Waals surface area contributed by atoms with E-state index < -0.39 is 0 Å². The van der Waals surface area contributed by atoms with Crippen LogP contribution in [0.3, 0.4) is 0 Å². The highest BCUT2D eigenvalue weighted by Gasteiger charge is 2.21. The molecule has 0 atom stereocenters. The Hall–Kier alpha value is -3.02. The van der Waals surface area contributed by atoms with Gasteiger partial charge in [0.05, 0.1) is 0 Å². The molecule has 0 unspecified atom stereocenters. The molecule has 1 fully saturated rings. The van der Waals surface area contributed by atoms with Crippen molar-refractivity contribution in [2.45, 2.75) is 51.6 Å². The molecule has 1 saturated carbocycles. The number of hydrogen-bond donors (Lipinski definition) is 2. The van der Waals surface area contributed by atoms with Gasteiger partial charge < -0.3 is 20.0 Å². The van der Waals surface area contributed by atoms with E-state index in [1.54, 1.807) is 4.90 Å². The smallest absolute Gasteiger partial charge is 0.322 e. The lowest BCUT2D eigenvalue weighted by molar-refractivity contribution is 0.210. The maximum absolute atomic E-state index is 12.0. The van der Waals surface area contributed by atoms with Crippen LogP contribution in [-0.2, 0) is 6.54 Å². The maximum Gasteiger partial charge on any atom is 0.322 e. The quantitative estimate of drug-likeness (QED) is 0.608. The SMILES string of the molecule is CCN1Cc2cc(-c3ccc4oc(NC5CCCCC5)nc4c3)ccc2NC1=O. The van der Waals surface area contributed by atoms with Crippen molar-refractivity contribution >= 4 is 28.8 Å². The van der Waals surface area contributed by atoms with E-state index in [0.29, 0.717) is 25.1 Å². The van der Waals surface area contributed by atoms with E-state index in [-0.39, 0.29) is 6.03 Å². The third kappa shape index (κ3) is 3.55. The first-order valence-corrected chi connectivity index (χ1v) is 10.6. The largest absolute Gasteiger partial charge is 0.424 e. The van der Waals surface area contributed by atoms with Crippen molar-refractivity contribution in [3.05, 3.63) is 42.0 Å². The summed E-state index contributed by atoms with van der Waals surface area (Å²) in [5, 5.41) is 6.43. The lowest BCUT2D eigenvalue weighted by Gasteiger charge is -2.28. The molecule has 2 aliphatic rings. The molecular formula is C23H26N4O2. The second-order valence-electron chi connectivity index (χ2n) is 8.00. The molecule has 2 heterocycles. The number of fused-ring (bicyclic) bond motifs is 2. The Bertz CT molecular complexity index is 1050. The molecule has 1 aliphatic heterocycles. The zero-order valence-corrected chi connectivity index (χ0v) is 16.7. The van der Waals surface area contributed by atoms with Crippen molar-refractivity contribution in [1.82, 2.24) is 9.88 Å². The number of oxazole rings is 1. The highest BCUT2D eigenvalue weighted by molar-refractivity contribution is 5.93. The highest BCUT2D eigenvalue weighted by Crippen LogP contribution is 2.32. The molecule has 0 spiro atoms. The summed E-state index contributed by atoms with van der Waals surface area (Å²) >= 11 is 0. The number of anilines is 2. The van der Waals surface area contributed by atoms with Gasteiger partial charge in [-0.2, -0.15) is 4.98 Å². The van der Waals surface area contributed by atoms with E-state index in [9.17, 15) is 4.79 Å². The zero-order chi connectivity index (χ0) is 19.8. The number of nitrogens with one attached hydrogen (secondary N) is 2. The Morgan fingerprint density at radius 1 is 1.14 bits per heavy atom. The third-order valence-corrected chi connectivity index (χ3v) is 6.03. The van der Waals surface area contributed by atoms with E-state index >= 15 is 0 Å². The number of carbonyl (C=O) groups is 1. The number of benzene rings is 2. The fraction of sp³-hybridized carbons (Fsp3) is 0.391. The molecule has 150 valence electrons. The van der Waals surface area contributed by atoms with Gasteiger partial charge in [-0.1, -0.05) is 31.4 Å². The van der Waals surface area contributed by atoms with Gasteiger partial charge in [0.15, 0.2) is 5.58 Å². The second-order valence-corrected chi connectivity index (χ2v) is 8.00. The van der Waals surface area contributed by atoms with Crippen LogP contribution in [0, 0.1) is 0 Å². The highest BCUT2D eigenvalue weighted by atomic mass is 16.4. The van der Waals surface area contributed by atoms with Gasteiger partial charge in [0.2, 0.25) is 0 Å². The van der Waals surface area contributed by atoms with Gasteiger partial charge in [0.1, 0.15) is 5.52 Å². The van der Waals surface area contributed by atoms with Crippen LogP contribution in [-0.4, -0.2) is 28.5 Å². The molecule has 2 N–H and O–H groups in total. The van der Waals surface area contributed by atoms with Gasteiger partial charge in [0.25, 0.3) is 6.01 Å². The lowest BCUT2D eigenvalue weighted by atomic mass is 9.96. The van der Waals surface area contributed by atoms with E-state index in [2.05, 4.69) is 33.8 Å². The molecule has 2 aromatic carbocycles. The van der Waals surface area contributed by atoms with Gasteiger partial charge in [-0.05, 0) is 60.7 Å². The van der Waals surface area contributed by atoms with Crippen molar-refractivity contribution in [2.24, 2.45) is 0 Å². The number of nitrogens with zero attached hydrogens (tertiary/aromatic N) is 2. The molecule has 0 radical (unpaired) electrons. The summed E-state index contributed by atoms with van der Waals surface area (Å²) in [5.41, 5.74) is 5.89. The number of urea groups is 1. The van der Waals surface area contributed by atoms with Gasteiger partial charge in [-0.25, -0.2) is 4.79 Å². The minimum atomic E-state index is -0.0326. The van der Waals surface area contributed by atoms with Crippen molar-refractivity contribution < 1.29 is 9.21 Å². The topological polar surface area (TPSA) is 70.4 Å². The number of aromatic nitrogens is 1. The first-order chi connectivity index (χ1) is 14.2. The molecule has 1 aliphatic carbocycles. The molecule has 6 heteroatoms. The van der Waals surface area contributed by atoms with Crippen LogP contribution in [0.1, 0.15) is 44.6 Å². The number of rotatable bonds is 4. The van der Waals surface area contributed by atoms with E-state index in [1.807, 2.05) is 25.1 Å². The van der Waals surface area contributed by atoms with E-state index in [4.69, 9.17) is 4.42 Å². The first-order valence-electron chi connectivity index (χ1n) is 10.6. The molecule has 0 saturated heterocycles. The Morgan fingerprint density at radius 2 is 1.93 bits per heavy atom. The number of amides is 2. The fourth-order valence-corrected chi connectivity index (χ4v) is 4.34. The summed E-state index contributed by atoms with van der Waals surface area (Å²) in [6.07, 6.45) is 6.25. The van der Waals surface area contributed by atoms with Crippen LogP contribution in [0.4, 0.5) is 16.5 Å². The van der Waals surface area contributed by atoms with Crippen LogP contribution in [0.2, 0.25) is 0 Å². The van der Waals surface area contributed by atoms with Crippen molar-refractivity contribution in [1.29, 1.82) is 0 Å². The predicted octanol–water partition coefficient (Wildman–Crippen LogP) is 5.61. The van der Waals surface area contributed by atoms with Crippen molar-refractivity contribution in [3.63, 3.8) is 0 Å². The van der Waals surface area contributed by atoms with E-state index in [0.717, 1.165) is 33.5 Å². The Kier molecular flexibility index (Phi) is 4.62. The van der Waals surface area contributed by atoms with Gasteiger partial charge >= 0.3 is 6.03 Å². The minimum absolute atomic E-state index is 0.0326. The second kappa shape index (κ2) is 7.43. The normalized spacial score (nSPS) is 17.3. The first kappa shape index (κ1) is 18.0. The van der Waals surface area contributed by atoms with Crippen LogP contribution in [0.25, 0.3) is 22.2 Å². The summed E-state index contributed by atoms with van der Waals surface area (Å²) in [5.74, 6) is 0. The molecule has 29 heavy (non-hydrogen) atoms. The average Bonchev–Trinajstić information content (AvgIpc) is 3.15. The molecule has 3 aromatic rings. The predicted molar refractivity (Wildman–Crippen MR) is 115 cm³/mol. The van der Waals surface area contributed by atoms with Crippen molar-refractivity contribution in [3.8, 4) is 11.1 Å². The monoisotopic (exact) mass is 390 g/mol. The summed E-state index contributed by atoms with van der Waals surface area (Å²) in [4.78, 5) is 18.5. The molecule has 2 amide bonds. The Morgan fingerprint density at radius 3 is 2.76 bits per heavy atom. The Labute approximate surface area is 170 Å². The molecule has 0 bridgehead atoms. The van der Waals surface area contributed by atoms with Gasteiger partial charge in [0, 0.05) is 24.8 Å². The van der Waals surface area contributed by atoms with E-state index in [1.165, 1.54) is 32.1 Å². The summed E-state index contributed by atoms with van der Waals surface area (Å²) in [6, 6.07) is 13.4. The van der Waals surface area contributed by atoms with Gasteiger partial charge in [-0.3, -0.25) is 0 Å². The molecular weight excluding hydrogens is 364 g/mol. The molecule has 1 aromatic heterocycles. The summed E-state index contributed by atoms with van der Waals surface area (Å²) in [7, 11) is 0. The van der Waals surface area contributed by atoms with Crippen LogP contribution in [0.15, 0.2) is 40.8 Å². The third-order valence-electron chi connectivity index (χ3n) is 6.03. The standard InChI is InChI=1S/C23H26N4O2/c1-2-27-14-17-12-15(8-10-19(17)26-23(27)28)16-9-11-21-20(13-16)25-22(29-21)24-18-6-4-3-5-7-18/h8-13,18H,2-7,14H2,1H3,(H,24,25)(H,26,28). The van der Waals surface area contributed by atoms with Gasteiger partial charge in [-0.15, -0.1) is 0 Å². The van der Waals surface area contributed by atoms with Crippen LogP contribution >= 0.6 is 0 Å². The average molecular weight is 390 g/mol. The summed E-state index contributed by atoms with van der Waals surface area (Å²) in [6.45, 7) is 3.32. The van der Waals surface area contributed by atoms with Crippen LogP contribution in [0.5, 0.6) is 0 Å². The molecule has 5 rings (SSSR count). The minimum Gasteiger partial charge on any atom is -0.424 e. The Balaban J connectivity index is 1.41. The fourth-order valence-electron chi connectivity index (χ4n) is 4.34. The summed E-state index contributed by atoms with van der Waals surface area (Å²) < 4.78 is 5.92. The lowest BCUT2D eigenvalue weighted by Crippen LogP contribution is -2.38. The van der Waals surface area contributed by atoms with Crippen molar-refractivity contribution in [2.75, 3.05) is 17.2 Å².